The van der Waals surface area contributed by atoms with Crippen LogP contribution in [0, 0.1) is 0 Å². The van der Waals surface area contributed by atoms with Crippen LogP contribution in [-0.2, 0) is 23.7 Å². The first-order chi connectivity index (χ1) is 23.8. The number of hydrogen-bond acceptors (Lipinski definition) is 9. The van der Waals surface area contributed by atoms with Crippen LogP contribution < -0.4 is 0 Å². The summed E-state index contributed by atoms with van der Waals surface area (Å²) in [5.41, 5.74) is -0.134. The van der Waals surface area contributed by atoms with Gasteiger partial charge in [0.1, 0.15) is 6.61 Å². The Morgan fingerprint density at radius 1 is 0.510 bits per heavy atom. The summed E-state index contributed by atoms with van der Waals surface area (Å²) in [6.45, 7) is 1.03. The van der Waals surface area contributed by atoms with E-state index in [-0.39, 0.29) is 17.7 Å². The van der Waals surface area contributed by atoms with Crippen LogP contribution in [0.2, 0.25) is 0 Å². The number of thioether (sulfide) groups is 1. The molecule has 0 spiro atoms. The molecule has 244 valence electrons. The van der Waals surface area contributed by atoms with E-state index < -0.39 is 46.8 Å². The third kappa shape index (κ3) is 6.98. The zero-order valence-corrected chi connectivity index (χ0v) is 27.1. The first-order valence-corrected chi connectivity index (χ1v) is 16.6. The predicted octanol–water partition coefficient (Wildman–Crippen LogP) is 7.76. The van der Waals surface area contributed by atoms with Crippen molar-refractivity contribution in [2.45, 2.75) is 29.8 Å². The van der Waals surface area contributed by atoms with Crippen LogP contribution in [0.5, 0.6) is 0 Å². The van der Waals surface area contributed by atoms with Gasteiger partial charge >= 0.3 is 23.9 Å². The first-order valence-electron chi connectivity index (χ1n) is 15.7. The molecule has 0 N–H and O–H groups in total. The zero-order valence-electron chi connectivity index (χ0n) is 26.3. The van der Waals surface area contributed by atoms with E-state index >= 15 is 0 Å². The van der Waals surface area contributed by atoms with Crippen molar-refractivity contribution in [3.63, 3.8) is 0 Å². The molecule has 0 amide bonds. The Kier molecular flexibility index (Phi) is 9.00. The second-order valence-electron chi connectivity index (χ2n) is 11.7. The van der Waals surface area contributed by atoms with Gasteiger partial charge in [0.2, 0.25) is 0 Å². The second-order valence-corrected chi connectivity index (χ2v) is 13.0. The minimum Gasteiger partial charge on any atom is -0.461 e. The molecule has 8 nitrogen and oxygen atoms in total. The SMILES string of the molecule is CC(=O)OC1S[C@@H](COC(=O)c2ccc3ccccc3c2)[C@@H](OC(=O)c2ccc3ccccc3c2)[C@@H]1OC(=O)c1ccc2ccccc2c1. The second kappa shape index (κ2) is 13.8. The van der Waals surface area contributed by atoms with Gasteiger partial charge < -0.3 is 18.9 Å². The molecule has 9 heteroatoms. The van der Waals surface area contributed by atoms with E-state index in [4.69, 9.17) is 18.9 Å². The monoisotopic (exact) mass is 670 g/mol. The van der Waals surface area contributed by atoms with Crippen LogP contribution in [0.4, 0.5) is 0 Å². The lowest BCUT2D eigenvalue weighted by Gasteiger charge is -2.25. The molecule has 1 aliphatic heterocycles. The summed E-state index contributed by atoms with van der Waals surface area (Å²) in [5.74, 6) is -2.55. The van der Waals surface area contributed by atoms with Gasteiger partial charge in [-0.15, -0.1) is 11.8 Å². The third-order valence-corrected chi connectivity index (χ3v) is 9.76. The standard InChI is InChI=1S/C40H30O8S/c1-24(41)46-40-36(48-39(44)33-19-16-27-10-4-7-13-30(27)22-33)35(47-38(43)32-18-15-26-9-3-6-12-29(26)21-32)34(49-40)23-45-37(42)31-17-14-25-8-2-5-11-28(25)20-31/h2-22,34-36,40H,23H2,1H3/t34-,35+,36-,40?/m0/s1. The van der Waals surface area contributed by atoms with E-state index in [1.54, 1.807) is 36.4 Å². The molecule has 4 atom stereocenters. The van der Waals surface area contributed by atoms with E-state index in [0.29, 0.717) is 5.56 Å². The molecule has 0 aliphatic carbocycles. The number of ether oxygens (including phenoxy) is 4. The predicted molar refractivity (Wildman–Crippen MR) is 187 cm³/mol. The highest BCUT2D eigenvalue weighted by Crippen LogP contribution is 2.40. The average Bonchev–Trinajstić information content (AvgIpc) is 3.43. The average molecular weight is 671 g/mol. The van der Waals surface area contributed by atoms with Crippen LogP contribution in [0.3, 0.4) is 0 Å². The quantitative estimate of drug-likeness (QED) is 0.119. The highest BCUT2D eigenvalue weighted by atomic mass is 32.2. The number of fused-ring (bicyclic) bond motifs is 3. The van der Waals surface area contributed by atoms with E-state index in [9.17, 15) is 19.2 Å². The van der Waals surface area contributed by atoms with Crippen molar-refractivity contribution in [3.8, 4) is 0 Å². The van der Waals surface area contributed by atoms with Crippen molar-refractivity contribution in [2.75, 3.05) is 6.61 Å². The first kappa shape index (κ1) is 31.9. The van der Waals surface area contributed by atoms with Gasteiger partial charge in [0.25, 0.3) is 0 Å². The molecule has 1 unspecified atom stereocenters. The summed E-state index contributed by atoms with van der Waals surface area (Å²) in [7, 11) is 0. The Bertz CT molecular complexity index is 2230. The van der Waals surface area contributed by atoms with Crippen molar-refractivity contribution in [1.82, 2.24) is 0 Å². The lowest BCUT2D eigenvalue weighted by molar-refractivity contribution is -0.148. The summed E-state index contributed by atoms with van der Waals surface area (Å²) in [6.07, 6.45) is -2.34. The van der Waals surface area contributed by atoms with Crippen LogP contribution >= 0.6 is 11.8 Å². The topological polar surface area (TPSA) is 105 Å². The molecule has 1 aliphatic rings. The summed E-state index contributed by atoms with van der Waals surface area (Å²) in [4.78, 5) is 52.7. The normalized spacial score (nSPS) is 18.6. The number of hydrogen-bond donors (Lipinski definition) is 0. The summed E-state index contributed by atoms with van der Waals surface area (Å²) in [6, 6.07) is 38.4. The Morgan fingerprint density at radius 2 is 0.918 bits per heavy atom. The molecule has 49 heavy (non-hydrogen) atoms. The van der Waals surface area contributed by atoms with E-state index in [1.165, 1.54) is 6.92 Å². The van der Waals surface area contributed by atoms with Crippen LogP contribution in [0.15, 0.2) is 127 Å². The number of carbonyl (C=O) groups excluding carboxylic acids is 4. The smallest absolute Gasteiger partial charge is 0.338 e. The Morgan fingerprint density at radius 3 is 1.37 bits per heavy atom. The van der Waals surface area contributed by atoms with Gasteiger partial charge in [-0.2, -0.15) is 0 Å². The Labute approximate surface area is 285 Å². The zero-order chi connectivity index (χ0) is 33.9. The van der Waals surface area contributed by atoms with Gasteiger partial charge in [-0.1, -0.05) is 91.0 Å². The molecule has 0 radical (unpaired) electrons. The Balaban J connectivity index is 1.17. The van der Waals surface area contributed by atoms with Crippen molar-refractivity contribution < 1.29 is 38.1 Å². The molecule has 1 saturated heterocycles. The Hall–Kier alpha value is -5.67. The molecule has 1 fully saturated rings. The van der Waals surface area contributed by atoms with Gasteiger partial charge in [-0.05, 0) is 68.7 Å². The summed E-state index contributed by atoms with van der Waals surface area (Å²) in [5, 5.41) is 4.70. The van der Waals surface area contributed by atoms with Gasteiger partial charge in [0, 0.05) is 6.92 Å². The lowest BCUT2D eigenvalue weighted by atomic mass is 10.1. The fourth-order valence-electron chi connectivity index (χ4n) is 5.92. The number of benzene rings is 6. The van der Waals surface area contributed by atoms with Gasteiger partial charge in [-0.25, -0.2) is 14.4 Å². The molecule has 0 bridgehead atoms. The highest BCUT2D eigenvalue weighted by Gasteiger charge is 2.51. The summed E-state index contributed by atoms with van der Waals surface area (Å²) >= 11 is 1.10. The van der Waals surface area contributed by atoms with Crippen molar-refractivity contribution in [1.29, 1.82) is 0 Å². The largest absolute Gasteiger partial charge is 0.461 e. The third-order valence-electron chi connectivity index (χ3n) is 8.37. The van der Waals surface area contributed by atoms with Crippen LogP contribution in [0.25, 0.3) is 32.3 Å². The number of rotatable bonds is 8. The maximum absolute atomic E-state index is 13.7. The molecule has 7 rings (SSSR count). The minimum absolute atomic E-state index is 0.215. The van der Waals surface area contributed by atoms with E-state index in [0.717, 1.165) is 44.1 Å². The maximum atomic E-state index is 13.7. The van der Waals surface area contributed by atoms with E-state index in [2.05, 4.69) is 0 Å². The van der Waals surface area contributed by atoms with Crippen LogP contribution in [0.1, 0.15) is 38.0 Å². The van der Waals surface area contributed by atoms with Crippen molar-refractivity contribution in [3.05, 3.63) is 144 Å². The van der Waals surface area contributed by atoms with Crippen LogP contribution in [-0.4, -0.2) is 53.4 Å². The molecular formula is C40H30O8S. The van der Waals surface area contributed by atoms with Gasteiger partial charge in [0.05, 0.1) is 21.9 Å². The molecular weight excluding hydrogens is 640 g/mol. The molecule has 0 aromatic heterocycles. The number of carbonyl (C=O) groups is 4. The lowest BCUT2D eigenvalue weighted by Crippen LogP contribution is -2.42. The highest BCUT2D eigenvalue weighted by molar-refractivity contribution is 8.00. The minimum atomic E-state index is -1.21. The van der Waals surface area contributed by atoms with Gasteiger partial charge in [-0.3, -0.25) is 4.79 Å². The van der Waals surface area contributed by atoms with Crippen molar-refractivity contribution in [2.24, 2.45) is 0 Å². The molecule has 6 aromatic rings. The van der Waals surface area contributed by atoms with Gasteiger partial charge in [0.15, 0.2) is 17.6 Å². The molecule has 6 aromatic carbocycles. The molecule has 0 saturated carbocycles. The summed E-state index contributed by atoms with van der Waals surface area (Å²) < 4.78 is 23.4. The molecule has 1 heterocycles. The fourth-order valence-corrected chi connectivity index (χ4v) is 7.34. The van der Waals surface area contributed by atoms with Crippen molar-refractivity contribution >= 4 is 68.0 Å². The van der Waals surface area contributed by atoms with E-state index in [1.807, 2.05) is 91.0 Å². The fraction of sp³-hybridized carbons (Fsp3) is 0.150. The number of esters is 4. The maximum Gasteiger partial charge on any atom is 0.338 e.